The van der Waals surface area contributed by atoms with E-state index in [1.54, 1.807) is 0 Å². The fourth-order valence-corrected chi connectivity index (χ4v) is 0.478. The lowest BCUT2D eigenvalue weighted by molar-refractivity contribution is 0.654. The second kappa shape index (κ2) is 2.00. The van der Waals surface area contributed by atoms with E-state index in [-0.39, 0.29) is 8.81 Å². The first-order valence-electron chi connectivity index (χ1n) is 1.69. The van der Waals surface area contributed by atoms with Crippen molar-refractivity contribution in [3.63, 3.8) is 0 Å². The molecule has 0 spiro atoms. The molecule has 0 saturated carbocycles. The van der Waals surface area contributed by atoms with Crippen LogP contribution in [0.2, 0.25) is 0 Å². The highest BCUT2D eigenvalue weighted by Crippen LogP contribution is 1.94. The Morgan fingerprint density at radius 3 is 3.00 bits per heavy atom. The molecule has 1 unspecified atom stereocenters. The normalized spacial score (nSPS) is 11.0. The Labute approximate surface area is 41.8 Å². The third kappa shape index (κ3) is 0.947. The van der Waals surface area contributed by atoms with E-state index in [2.05, 4.69) is 15.4 Å². The molecule has 0 aliphatic heterocycles. The van der Waals surface area contributed by atoms with E-state index >= 15 is 0 Å². The van der Waals surface area contributed by atoms with Crippen molar-refractivity contribution >= 4 is 14.2 Å². The molecule has 0 radical (unpaired) electrons. The third-order valence-electron chi connectivity index (χ3n) is 0.530. The topological polar surface area (TPSA) is 61.8 Å². The van der Waals surface area contributed by atoms with E-state index in [0.717, 1.165) is 0 Å². The van der Waals surface area contributed by atoms with Gasteiger partial charge in [-0.2, -0.15) is 15.4 Å². The average molecular weight is 117 g/mol. The third-order valence-corrected chi connectivity index (χ3v) is 1.000. The molecule has 2 N–H and O–H groups in total. The van der Waals surface area contributed by atoms with Crippen LogP contribution in [0, 0.1) is 0 Å². The summed E-state index contributed by atoms with van der Waals surface area (Å²) >= 11 is 0. The van der Waals surface area contributed by atoms with Gasteiger partial charge in [-0.15, -0.1) is 0 Å². The van der Waals surface area contributed by atoms with E-state index in [0.29, 0.717) is 5.44 Å². The van der Waals surface area contributed by atoms with Gasteiger partial charge in [-0.1, -0.05) is 0 Å². The average Bonchev–Trinajstić information content (AvgIpc) is 2.14. The molecule has 1 aromatic rings. The molecule has 4 nitrogen and oxygen atoms in total. The number of nitrogens with zero attached hydrogens (tertiary/aromatic N) is 2. The van der Waals surface area contributed by atoms with E-state index in [4.69, 9.17) is 4.89 Å². The van der Waals surface area contributed by atoms with Gasteiger partial charge in [-0.05, 0) is 0 Å². The van der Waals surface area contributed by atoms with Crippen molar-refractivity contribution in [3.8, 4) is 0 Å². The van der Waals surface area contributed by atoms with E-state index < -0.39 is 0 Å². The van der Waals surface area contributed by atoms with Gasteiger partial charge in [0.25, 0.3) is 0 Å². The summed E-state index contributed by atoms with van der Waals surface area (Å²) in [5.74, 6) is 0. The van der Waals surface area contributed by atoms with E-state index in [9.17, 15) is 0 Å². The van der Waals surface area contributed by atoms with E-state index in [1.807, 2.05) is 0 Å². The molecule has 0 aromatic carbocycles. The molecular weight excluding hydrogens is 113 g/mol. The van der Waals surface area contributed by atoms with Gasteiger partial charge in [0.05, 0.1) is 15.0 Å². The molecule has 1 aromatic heterocycles. The Hall–Kier alpha value is -0.470. The highest BCUT2D eigenvalue weighted by atomic mass is 31.1. The monoisotopic (exact) mass is 117 g/mol. The van der Waals surface area contributed by atoms with Crippen molar-refractivity contribution in [2.45, 2.75) is 0 Å². The van der Waals surface area contributed by atoms with Gasteiger partial charge in [-0.25, -0.2) is 0 Å². The van der Waals surface area contributed by atoms with Crippen LogP contribution in [-0.4, -0.2) is 20.3 Å². The fourth-order valence-electron chi connectivity index (χ4n) is 0.255. The maximum Gasteiger partial charge on any atom is 0.129 e. The lowest BCUT2D eigenvalue weighted by Crippen LogP contribution is -1.91. The molecule has 0 amide bonds. The Morgan fingerprint density at radius 1 is 1.86 bits per heavy atom. The molecular formula is C2H4N3OP. The second-order valence-electron chi connectivity index (χ2n) is 0.967. The number of aromatic nitrogens is 3. The Bertz CT molecular complexity index is 127. The van der Waals surface area contributed by atoms with Crippen LogP contribution in [0.1, 0.15) is 0 Å². The molecule has 1 atom stereocenters. The van der Waals surface area contributed by atoms with Crippen LogP contribution in [0.25, 0.3) is 0 Å². The zero-order valence-corrected chi connectivity index (χ0v) is 4.42. The van der Waals surface area contributed by atoms with Gasteiger partial charge < -0.3 is 4.89 Å². The van der Waals surface area contributed by atoms with Gasteiger partial charge in [0, 0.05) is 0 Å². The summed E-state index contributed by atoms with van der Waals surface area (Å²) in [6, 6.07) is 0. The molecule has 0 aliphatic rings. The standard InChI is InChI=1S/C2H4N3OP/c6-7-2-1-3-5-4-2/h1,6-7H,(H,3,4,5). The molecule has 0 aliphatic carbocycles. The van der Waals surface area contributed by atoms with Crippen LogP contribution in [0.5, 0.6) is 0 Å². The smallest absolute Gasteiger partial charge is 0.129 e. The SMILES string of the molecule is OPc1cn[nH]n1. The minimum atomic E-state index is -0.250. The molecule has 7 heavy (non-hydrogen) atoms. The Balaban J connectivity index is 2.76. The molecule has 38 valence electrons. The van der Waals surface area contributed by atoms with Crippen molar-refractivity contribution in [1.82, 2.24) is 15.4 Å². The van der Waals surface area contributed by atoms with Gasteiger partial charge in [0.2, 0.25) is 0 Å². The summed E-state index contributed by atoms with van der Waals surface area (Å²) in [6.07, 6.45) is 1.48. The quantitative estimate of drug-likeness (QED) is 0.464. The number of hydrogen-bond acceptors (Lipinski definition) is 3. The summed E-state index contributed by atoms with van der Waals surface area (Å²) < 4.78 is 0. The number of nitrogens with one attached hydrogen (secondary N) is 1. The van der Waals surface area contributed by atoms with Gasteiger partial charge in [0.15, 0.2) is 0 Å². The molecule has 1 rings (SSSR count). The molecule has 5 heteroatoms. The zero-order chi connectivity index (χ0) is 5.11. The molecule has 0 bridgehead atoms. The van der Waals surface area contributed by atoms with Crippen LogP contribution < -0.4 is 5.44 Å². The van der Waals surface area contributed by atoms with Crippen LogP contribution in [-0.2, 0) is 0 Å². The lowest BCUT2D eigenvalue weighted by Gasteiger charge is -1.74. The summed E-state index contributed by atoms with van der Waals surface area (Å²) in [4.78, 5) is 8.33. The van der Waals surface area contributed by atoms with Gasteiger partial charge in [-0.3, -0.25) is 0 Å². The van der Waals surface area contributed by atoms with Crippen molar-refractivity contribution in [2.75, 3.05) is 0 Å². The predicted octanol–water partition coefficient (Wildman–Crippen LogP) is -0.984. The minimum Gasteiger partial charge on any atom is -0.371 e. The predicted molar refractivity (Wildman–Crippen MR) is 26.6 cm³/mol. The Kier molecular flexibility index (Phi) is 1.34. The van der Waals surface area contributed by atoms with Crippen molar-refractivity contribution in [3.05, 3.63) is 6.20 Å². The van der Waals surface area contributed by atoms with Gasteiger partial charge in [0.1, 0.15) is 5.44 Å². The number of hydrogen-bond donors (Lipinski definition) is 2. The highest BCUT2D eigenvalue weighted by Gasteiger charge is 1.86. The largest absolute Gasteiger partial charge is 0.371 e. The second-order valence-corrected chi connectivity index (χ2v) is 1.70. The van der Waals surface area contributed by atoms with Gasteiger partial charge >= 0.3 is 0 Å². The maximum absolute atomic E-state index is 8.33. The lowest BCUT2D eigenvalue weighted by atomic mass is 11.0. The first kappa shape index (κ1) is 4.68. The maximum atomic E-state index is 8.33. The van der Waals surface area contributed by atoms with Crippen LogP contribution in [0.15, 0.2) is 6.20 Å². The molecule has 0 fully saturated rings. The number of rotatable bonds is 1. The minimum absolute atomic E-state index is 0.250. The van der Waals surface area contributed by atoms with Crippen LogP contribution in [0.4, 0.5) is 0 Å². The first-order valence-corrected chi connectivity index (χ1v) is 2.64. The van der Waals surface area contributed by atoms with Crippen molar-refractivity contribution < 1.29 is 4.89 Å². The first-order chi connectivity index (χ1) is 3.43. The summed E-state index contributed by atoms with van der Waals surface area (Å²) in [5.41, 5.74) is 0.597. The summed E-state index contributed by atoms with van der Waals surface area (Å²) in [7, 11) is -0.250. The number of H-pyrrole nitrogens is 1. The van der Waals surface area contributed by atoms with Crippen molar-refractivity contribution in [2.24, 2.45) is 0 Å². The molecule has 1 heterocycles. The summed E-state index contributed by atoms with van der Waals surface area (Å²) in [5, 5.41) is 9.39. The Morgan fingerprint density at radius 2 is 2.71 bits per heavy atom. The van der Waals surface area contributed by atoms with E-state index in [1.165, 1.54) is 6.20 Å². The highest BCUT2D eigenvalue weighted by molar-refractivity contribution is 7.40. The fraction of sp³-hybridized carbons (Fsp3) is 0. The number of aromatic amines is 1. The van der Waals surface area contributed by atoms with Crippen LogP contribution in [0.3, 0.4) is 0 Å². The molecule has 0 saturated heterocycles. The van der Waals surface area contributed by atoms with Crippen molar-refractivity contribution in [1.29, 1.82) is 0 Å². The summed E-state index contributed by atoms with van der Waals surface area (Å²) in [6.45, 7) is 0. The van der Waals surface area contributed by atoms with Crippen LogP contribution >= 0.6 is 8.81 Å². The zero-order valence-electron chi connectivity index (χ0n) is 3.42.